The predicted octanol–water partition coefficient (Wildman–Crippen LogP) is 3.79. The summed E-state index contributed by atoms with van der Waals surface area (Å²) in [5.41, 5.74) is 2.77. The summed E-state index contributed by atoms with van der Waals surface area (Å²) in [5.74, 6) is 0.0951. The zero-order chi connectivity index (χ0) is 17.8. The van der Waals surface area contributed by atoms with Crippen molar-refractivity contribution in [3.8, 4) is 0 Å². The Kier molecular flexibility index (Phi) is 4.84. The molecule has 1 aromatic carbocycles. The molecule has 0 saturated heterocycles. The van der Waals surface area contributed by atoms with Crippen LogP contribution in [0, 0.1) is 13.8 Å². The Morgan fingerprint density at radius 2 is 1.84 bits per heavy atom. The zero-order valence-corrected chi connectivity index (χ0v) is 14.2. The quantitative estimate of drug-likeness (QED) is 0.507. The topological polar surface area (TPSA) is 61.4 Å². The molecule has 0 spiro atoms. The second kappa shape index (κ2) is 7.21. The molecule has 0 aliphatic heterocycles. The van der Waals surface area contributed by atoms with Gasteiger partial charge in [0.2, 0.25) is 5.78 Å². The van der Waals surface area contributed by atoms with Crippen LogP contribution in [0.5, 0.6) is 0 Å². The summed E-state index contributed by atoms with van der Waals surface area (Å²) >= 11 is 0. The molecule has 0 radical (unpaired) electrons. The van der Waals surface area contributed by atoms with Crippen LogP contribution >= 0.6 is 0 Å². The highest BCUT2D eigenvalue weighted by Gasteiger charge is 2.18. The number of carbonyl (C=O) groups excluding carboxylic acids is 2. The minimum Gasteiger partial charge on any atom is -0.467 e. The summed E-state index contributed by atoms with van der Waals surface area (Å²) in [6, 6.07) is 14.2. The zero-order valence-electron chi connectivity index (χ0n) is 14.2. The fourth-order valence-electron chi connectivity index (χ4n) is 2.75. The van der Waals surface area contributed by atoms with E-state index in [1.54, 1.807) is 30.5 Å². The molecule has 25 heavy (non-hydrogen) atoms. The van der Waals surface area contributed by atoms with Gasteiger partial charge in [0, 0.05) is 17.0 Å². The van der Waals surface area contributed by atoms with Gasteiger partial charge < -0.3 is 13.7 Å². The number of Topliss-reactive ketones (excluding diaryl/α,β-unsaturated/α-hetero) is 1. The normalized spacial score (nSPS) is 10.6. The smallest absolute Gasteiger partial charge is 0.338 e. The molecule has 5 nitrogen and oxygen atoms in total. The molecule has 0 bridgehead atoms. The van der Waals surface area contributed by atoms with Gasteiger partial charge in [-0.05, 0) is 44.2 Å². The third-order valence-electron chi connectivity index (χ3n) is 4.11. The molecule has 3 aromatic rings. The summed E-state index contributed by atoms with van der Waals surface area (Å²) in [5, 5.41) is 0. The number of aryl methyl sites for hydroxylation is 1. The highest BCUT2D eigenvalue weighted by Crippen LogP contribution is 2.18. The van der Waals surface area contributed by atoms with E-state index in [1.165, 1.54) is 0 Å². The average Bonchev–Trinajstić information content (AvgIpc) is 3.24. The molecule has 5 heteroatoms. The Morgan fingerprint density at radius 3 is 2.52 bits per heavy atom. The third kappa shape index (κ3) is 3.71. The summed E-state index contributed by atoms with van der Waals surface area (Å²) < 4.78 is 12.5. The maximum atomic E-state index is 12.5. The number of ether oxygens (including phenoxy) is 1. The van der Waals surface area contributed by atoms with Gasteiger partial charge in [0.25, 0.3) is 0 Å². The molecular weight excluding hydrogens is 318 g/mol. The first-order chi connectivity index (χ1) is 12.1. The van der Waals surface area contributed by atoms with Gasteiger partial charge in [-0.15, -0.1) is 0 Å². The fraction of sp³-hybridized carbons (Fsp3) is 0.200. The number of aromatic nitrogens is 1. The minimum atomic E-state index is -0.502. The number of hydrogen-bond acceptors (Lipinski definition) is 4. The Bertz CT molecular complexity index is 876. The molecule has 0 unspecified atom stereocenters. The molecule has 3 rings (SSSR count). The van der Waals surface area contributed by atoms with Gasteiger partial charge >= 0.3 is 5.97 Å². The predicted molar refractivity (Wildman–Crippen MR) is 92.8 cm³/mol. The largest absolute Gasteiger partial charge is 0.467 e. The molecule has 0 saturated carbocycles. The van der Waals surface area contributed by atoms with Crippen molar-refractivity contribution in [3.05, 3.63) is 83.1 Å². The maximum Gasteiger partial charge on any atom is 0.338 e. The van der Waals surface area contributed by atoms with Gasteiger partial charge in [0.1, 0.15) is 5.76 Å². The summed E-state index contributed by atoms with van der Waals surface area (Å²) in [6.45, 7) is 4.09. The summed E-state index contributed by atoms with van der Waals surface area (Å²) in [7, 11) is 0. The monoisotopic (exact) mass is 337 g/mol. The number of hydrogen-bond donors (Lipinski definition) is 0. The minimum absolute atomic E-state index is 0.219. The van der Waals surface area contributed by atoms with Crippen molar-refractivity contribution in [3.63, 3.8) is 0 Å². The van der Waals surface area contributed by atoms with Crippen molar-refractivity contribution in [2.75, 3.05) is 6.61 Å². The molecule has 0 aliphatic carbocycles. The lowest BCUT2D eigenvalue weighted by Gasteiger charge is -2.08. The first kappa shape index (κ1) is 16.8. The Labute approximate surface area is 145 Å². The molecule has 0 fully saturated rings. The van der Waals surface area contributed by atoms with E-state index >= 15 is 0 Å². The third-order valence-corrected chi connectivity index (χ3v) is 4.11. The van der Waals surface area contributed by atoms with Crippen LogP contribution in [0.3, 0.4) is 0 Å². The Balaban J connectivity index is 1.69. The number of rotatable bonds is 6. The van der Waals surface area contributed by atoms with E-state index in [2.05, 4.69) is 0 Å². The molecule has 0 N–H and O–H groups in total. The maximum absolute atomic E-state index is 12.5. The van der Waals surface area contributed by atoms with E-state index in [1.807, 2.05) is 42.7 Å². The number of carbonyl (C=O) groups is 2. The number of ketones is 1. The van der Waals surface area contributed by atoms with E-state index in [9.17, 15) is 9.59 Å². The number of esters is 1. The molecule has 2 heterocycles. The van der Waals surface area contributed by atoms with E-state index in [-0.39, 0.29) is 12.4 Å². The molecule has 2 aromatic heterocycles. The fourth-order valence-corrected chi connectivity index (χ4v) is 2.75. The first-order valence-electron chi connectivity index (χ1n) is 8.00. The van der Waals surface area contributed by atoms with Crippen LogP contribution < -0.4 is 0 Å². The van der Waals surface area contributed by atoms with Crippen molar-refractivity contribution >= 4 is 11.8 Å². The van der Waals surface area contributed by atoms with Gasteiger partial charge in [0.15, 0.2) is 6.61 Å². The number of furan rings is 1. The van der Waals surface area contributed by atoms with Crippen LogP contribution in [0.25, 0.3) is 0 Å². The van der Waals surface area contributed by atoms with E-state index < -0.39 is 5.97 Å². The second-order valence-corrected chi connectivity index (χ2v) is 5.82. The van der Waals surface area contributed by atoms with Crippen LogP contribution in [0.15, 0.2) is 59.2 Å². The lowest BCUT2D eigenvalue weighted by Crippen LogP contribution is -2.15. The van der Waals surface area contributed by atoms with Gasteiger partial charge in [-0.25, -0.2) is 4.79 Å². The Morgan fingerprint density at radius 1 is 1.08 bits per heavy atom. The number of nitrogens with zero attached hydrogens (tertiary/aromatic N) is 1. The van der Waals surface area contributed by atoms with Crippen molar-refractivity contribution in [2.24, 2.45) is 0 Å². The standard InChI is InChI=1S/C20H19NO4/c1-14-11-18(15(2)21(14)12-17-9-6-10-24-17)19(22)13-25-20(23)16-7-4-3-5-8-16/h3-11H,12-13H2,1-2H3. The summed E-state index contributed by atoms with van der Waals surface area (Å²) in [4.78, 5) is 24.4. The molecule has 128 valence electrons. The van der Waals surface area contributed by atoms with Gasteiger partial charge in [-0.2, -0.15) is 0 Å². The van der Waals surface area contributed by atoms with Crippen molar-refractivity contribution in [1.29, 1.82) is 0 Å². The highest BCUT2D eigenvalue weighted by atomic mass is 16.5. The molecule has 0 amide bonds. The lowest BCUT2D eigenvalue weighted by atomic mass is 10.1. The van der Waals surface area contributed by atoms with Crippen LogP contribution in [0.4, 0.5) is 0 Å². The first-order valence-corrected chi connectivity index (χ1v) is 8.00. The van der Waals surface area contributed by atoms with E-state index in [0.29, 0.717) is 17.7 Å². The van der Waals surface area contributed by atoms with E-state index in [0.717, 1.165) is 17.1 Å². The van der Waals surface area contributed by atoms with Crippen LogP contribution in [-0.4, -0.2) is 22.9 Å². The van der Waals surface area contributed by atoms with Gasteiger partial charge in [-0.3, -0.25) is 4.79 Å². The van der Waals surface area contributed by atoms with Gasteiger partial charge in [-0.1, -0.05) is 18.2 Å². The van der Waals surface area contributed by atoms with Gasteiger partial charge in [0.05, 0.1) is 18.4 Å². The van der Waals surface area contributed by atoms with Crippen LogP contribution in [0.2, 0.25) is 0 Å². The molecular formula is C20H19NO4. The van der Waals surface area contributed by atoms with E-state index in [4.69, 9.17) is 9.15 Å². The highest BCUT2D eigenvalue weighted by molar-refractivity contribution is 6.00. The van der Waals surface area contributed by atoms with Crippen molar-refractivity contribution in [1.82, 2.24) is 4.57 Å². The Hall–Kier alpha value is -3.08. The molecule has 0 aliphatic rings. The number of benzene rings is 1. The summed E-state index contributed by atoms with van der Waals surface area (Å²) in [6.07, 6.45) is 1.62. The van der Waals surface area contributed by atoms with Crippen molar-refractivity contribution in [2.45, 2.75) is 20.4 Å². The van der Waals surface area contributed by atoms with Crippen LogP contribution in [0.1, 0.15) is 37.9 Å². The lowest BCUT2D eigenvalue weighted by molar-refractivity contribution is 0.0474. The average molecular weight is 337 g/mol. The van der Waals surface area contributed by atoms with Crippen LogP contribution in [-0.2, 0) is 11.3 Å². The van der Waals surface area contributed by atoms with Crippen molar-refractivity contribution < 1.29 is 18.7 Å². The SMILES string of the molecule is Cc1cc(C(=O)COC(=O)c2ccccc2)c(C)n1Cc1ccco1. The molecule has 0 atom stereocenters. The second-order valence-electron chi connectivity index (χ2n) is 5.82.